The molecule has 1 fully saturated rings. The largest absolute Gasteiger partial charge is 0.396 e. The second-order valence-electron chi connectivity index (χ2n) is 5.38. The summed E-state index contributed by atoms with van der Waals surface area (Å²) in [4.78, 5) is 17.5. The average molecular weight is 229 g/mol. The molecule has 0 aromatic rings. The molecule has 5 heteroatoms. The third-order valence-corrected chi connectivity index (χ3v) is 3.14. The Morgan fingerprint density at radius 3 is 2.31 bits per heavy atom. The molecule has 1 aliphatic rings. The number of rotatable bonds is 4. The van der Waals surface area contributed by atoms with Crippen LogP contribution < -0.4 is 0 Å². The Balaban J connectivity index is 2.91. The van der Waals surface area contributed by atoms with E-state index in [1.165, 1.54) is 0 Å². The fourth-order valence-corrected chi connectivity index (χ4v) is 2.38. The van der Waals surface area contributed by atoms with Gasteiger partial charge in [-0.1, -0.05) is 13.8 Å². The first-order valence-electron chi connectivity index (χ1n) is 5.60. The molecule has 1 saturated heterocycles. The Kier molecular flexibility index (Phi) is 3.80. The molecule has 1 aliphatic heterocycles. The van der Waals surface area contributed by atoms with Gasteiger partial charge in [-0.05, 0) is 14.1 Å². The lowest BCUT2D eigenvalue weighted by atomic mass is 9.89. The molecule has 0 aromatic heterocycles. The highest BCUT2D eigenvalue weighted by atomic mass is 16.3. The molecule has 1 N–H and O–H groups in total. The predicted octanol–water partition coefficient (Wildman–Crippen LogP) is 0.260. The quantitative estimate of drug-likeness (QED) is 0.752. The lowest BCUT2D eigenvalue weighted by molar-refractivity contribution is -0.0105. The number of nitrogens with zero attached hydrogens (tertiary/aromatic N) is 3. The van der Waals surface area contributed by atoms with Crippen LogP contribution in [-0.2, 0) is 0 Å². The highest BCUT2D eigenvalue weighted by molar-refractivity contribution is 5.76. The van der Waals surface area contributed by atoms with E-state index in [1.807, 2.05) is 37.7 Å². The number of hydrogen-bond acceptors (Lipinski definition) is 3. The molecule has 0 aliphatic carbocycles. The minimum Gasteiger partial charge on any atom is -0.396 e. The third kappa shape index (κ3) is 2.30. The second kappa shape index (κ2) is 4.59. The Morgan fingerprint density at radius 1 is 1.44 bits per heavy atom. The van der Waals surface area contributed by atoms with Crippen LogP contribution >= 0.6 is 0 Å². The summed E-state index contributed by atoms with van der Waals surface area (Å²) >= 11 is 0. The van der Waals surface area contributed by atoms with E-state index in [-0.39, 0.29) is 24.2 Å². The van der Waals surface area contributed by atoms with Gasteiger partial charge in [0.15, 0.2) is 0 Å². The van der Waals surface area contributed by atoms with Crippen molar-refractivity contribution < 1.29 is 9.90 Å². The zero-order valence-corrected chi connectivity index (χ0v) is 10.9. The van der Waals surface area contributed by atoms with Crippen molar-refractivity contribution in [3.8, 4) is 0 Å². The van der Waals surface area contributed by atoms with Gasteiger partial charge in [-0.3, -0.25) is 4.90 Å². The maximum Gasteiger partial charge on any atom is 0.321 e. The maximum atomic E-state index is 12.0. The van der Waals surface area contributed by atoms with Gasteiger partial charge in [0, 0.05) is 25.6 Å². The van der Waals surface area contributed by atoms with Gasteiger partial charge in [-0.15, -0.1) is 0 Å². The van der Waals surface area contributed by atoms with Gasteiger partial charge in [0.25, 0.3) is 0 Å². The van der Waals surface area contributed by atoms with Crippen LogP contribution in [0.3, 0.4) is 0 Å². The third-order valence-electron chi connectivity index (χ3n) is 3.14. The van der Waals surface area contributed by atoms with Crippen molar-refractivity contribution in [1.82, 2.24) is 14.7 Å². The van der Waals surface area contributed by atoms with E-state index in [9.17, 15) is 9.90 Å². The molecule has 2 amide bonds. The van der Waals surface area contributed by atoms with Gasteiger partial charge in [0.2, 0.25) is 0 Å². The zero-order valence-electron chi connectivity index (χ0n) is 10.9. The zero-order chi connectivity index (χ0) is 12.5. The van der Waals surface area contributed by atoms with Crippen LogP contribution in [0.4, 0.5) is 4.79 Å². The first-order chi connectivity index (χ1) is 7.31. The summed E-state index contributed by atoms with van der Waals surface area (Å²) in [5.74, 6) is 0. The lowest BCUT2D eigenvalue weighted by Gasteiger charge is -2.42. The number of carbonyl (C=O) groups is 1. The van der Waals surface area contributed by atoms with E-state index >= 15 is 0 Å². The molecule has 5 nitrogen and oxygen atoms in total. The molecular weight excluding hydrogens is 206 g/mol. The van der Waals surface area contributed by atoms with E-state index in [0.29, 0.717) is 0 Å². The summed E-state index contributed by atoms with van der Waals surface area (Å²) in [6.07, 6.45) is -0.0741. The summed E-state index contributed by atoms with van der Waals surface area (Å²) in [5.41, 5.74) is -0.329. The number of likely N-dealkylation sites (N-methyl/N-ethyl adjacent to an activating group) is 1. The molecule has 1 unspecified atom stereocenters. The number of carbonyl (C=O) groups excluding carboxylic acids is 1. The standard InChI is InChI=1S/C11H23N3O2/c1-11(2,8-15)9(12(3)4)14-7-6-13(5)10(14)16/h9,15H,6-8H2,1-5H3. The Hall–Kier alpha value is -0.810. The Labute approximate surface area is 97.6 Å². The van der Waals surface area contributed by atoms with E-state index in [2.05, 4.69) is 0 Å². The first-order valence-corrected chi connectivity index (χ1v) is 5.60. The van der Waals surface area contributed by atoms with Gasteiger partial charge < -0.3 is 14.9 Å². The molecule has 1 atom stereocenters. The molecule has 1 heterocycles. The summed E-state index contributed by atoms with van der Waals surface area (Å²) < 4.78 is 0. The van der Waals surface area contributed by atoms with Gasteiger partial charge in [0.1, 0.15) is 0 Å². The van der Waals surface area contributed by atoms with Crippen LogP contribution in [0, 0.1) is 5.41 Å². The van der Waals surface area contributed by atoms with Crippen molar-refractivity contribution in [1.29, 1.82) is 0 Å². The maximum absolute atomic E-state index is 12.0. The SMILES string of the molecule is CN1CCN(C(N(C)C)C(C)(C)CO)C1=O. The van der Waals surface area contributed by atoms with Crippen molar-refractivity contribution in [2.45, 2.75) is 20.0 Å². The van der Waals surface area contributed by atoms with Crippen molar-refractivity contribution in [2.75, 3.05) is 40.8 Å². The molecule has 0 saturated carbocycles. The van der Waals surface area contributed by atoms with Gasteiger partial charge in [-0.25, -0.2) is 4.79 Å². The smallest absolute Gasteiger partial charge is 0.321 e. The van der Waals surface area contributed by atoms with E-state index in [0.717, 1.165) is 13.1 Å². The molecule has 16 heavy (non-hydrogen) atoms. The molecule has 0 bridgehead atoms. The lowest BCUT2D eigenvalue weighted by Crippen LogP contribution is -2.55. The molecule has 0 aromatic carbocycles. The van der Waals surface area contributed by atoms with Crippen molar-refractivity contribution >= 4 is 6.03 Å². The summed E-state index contributed by atoms with van der Waals surface area (Å²) in [6, 6.07) is 0.0419. The van der Waals surface area contributed by atoms with Crippen LogP contribution in [0.2, 0.25) is 0 Å². The van der Waals surface area contributed by atoms with Crippen LogP contribution in [0.1, 0.15) is 13.8 Å². The van der Waals surface area contributed by atoms with E-state index in [1.54, 1.807) is 11.9 Å². The number of aliphatic hydroxyl groups is 1. The predicted molar refractivity (Wildman–Crippen MR) is 63.1 cm³/mol. The van der Waals surface area contributed by atoms with E-state index in [4.69, 9.17) is 0 Å². The number of amides is 2. The highest BCUT2D eigenvalue weighted by Gasteiger charge is 2.41. The van der Waals surface area contributed by atoms with Gasteiger partial charge in [-0.2, -0.15) is 0 Å². The summed E-state index contributed by atoms with van der Waals surface area (Å²) in [7, 11) is 5.68. The van der Waals surface area contributed by atoms with Crippen LogP contribution in [0.5, 0.6) is 0 Å². The van der Waals surface area contributed by atoms with Crippen LogP contribution in [-0.4, -0.2) is 72.8 Å². The van der Waals surface area contributed by atoms with Crippen molar-refractivity contribution in [2.24, 2.45) is 5.41 Å². The normalized spacial score (nSPS) is 19.8. The van der Waals surface area contributed by atoms with Crippen molar-refractivity contribution in [3.05, 3.63) is 0 Å². The molecule has 0 radical (unpaired) electrons. The summed E-state index contributed by atoms with van der Waals surface area (Å²) in [6.45, 7) is 5.49. The monoisotopic (exact) mass is 229 g/mol. The van der Waals surface area contributed by atoms with Crippen LogP contribution in [0.25, 0.3) is 0 Å². The van der Waals surface area contributed by atoms with Crippen molar-refractivity contribution in [3.63, 3.8) is 0 Å². The first kappa shape index (κ1) is 13.3. The molecule has 0 spiro atoms. The van der Waals surface area contributed by atoms with E-state index < -0.39 is 0 Å². The number of hydrogen-bond donors (Lipinski definition) is 1. The fourth-order valence-electron chi connectivity index (χ4n) is 2.38. The Morgan fingerprint density at radius 2 is 2.00 bits per heavy atom. The fraction of sp³-hybridized carbons (Fsp3) is 0.909. The summed E-state index contributed by atoms with van der Waals surface area (Å²) in [5, 5.41) is 9.45. The minimum absolute atomic E-state index is 0.0419. The molecule has 1 rings (SSSR count). The van der Waals surface area contributed by atoms with Gasteiger partial charge in [0.05, 0.1) is 12.8 Å². The number of urea groups is 1. The topological polar surface area (TPSA) is 47.0 Å². The van der Waals surface area contributed by atoms with Gasteiger partial charge >= 0.3 is 6.03 Å². The average Bonchev–Trinajstić information content (AvgIpc) is 2.49. The number of aliphatic hydroxyl groups excluding tert-OH is 1. The Bertz CT molecular complexity index is 266. The minimum atomic E-state index is -0.329. The highest BCUT2D eigenvalue weighted by Crippen LogP contribution is 2.28. The molecular formula is C11H23N3O2. The molecule has 94 valence electrons. The second-order valence-corrected chi connectivity index (χ2v) is 5.38. The van der Waals surface area contributed by atoms with Crippen LogP contribution in [0.15, 0.2) is 0 Å².